The van der Waals surface area contributed by atoms with Gasteiger partial charge in [0.05, 0.1) is 23.7 Å². The minimum Gasteiger partial charge on any atom is -0.497 e. The Hall–Kier alpha value is -3.22. The molecule has 0 amide bonds. The van der Waals surface area contributed by atoms with Crippen molar-refractivity contribution >= 4 is 16.7 Å². The summed E-state index contributed by atoms with van der Waals surface area (Å²) in [4.78, 5) is 22.1. The number of hydrogen-bond acceptors (Lipinski definition) is 5. The summed E-state index contributed by atoms with van der Waals surface area (Å²) in [6.07, 6.45) is 2.66. The number of aryl methyl sites for hydroxylation is 2. The average Bonchev–Trinajstić information content (AvgIpc) is 3.02. The monoisotopic (exact) mass is 349 g/mol. The van der Waals surface area contributed by atoms with Gasteiger partial charge in [0.2, 0.25) is 0 Å². The molecule has 0 saturated carbocycles. The number of methoxy groups -OCH3 is 1. The van der Waals surface area contributed by atoms with Crippen molar-refractivity contribution in [3.63, 3.8) is 0 Å². The normalized spacial score (nSPS) is 11.3. The van der Waals surface area contributed by atoms with E-state index in [-0.39, 0.29) is 5.56 Å². The Morgan fingerprint density at radius 2 is 2.04 bits per heavy atom. The van der Waals surface area contributed by atoms with Crippen molar-refractivity contribution in [1.82, 2.24) is 24.1 Å². The summed E-state index contributed by atoms with van der Waals surface area (Å²) in [6.45, 7) is 4.51. The number of ether oxygens (including phenoxy) is 1. The molecule has 4 rings (SSSR count). The largest absolute Gasteiger partial charge is 0.497 e. The predicted molar refractivity (Wildman–Crippen MR) is 99.6 cm³/mol. The molecule has 0 unspecified atom stereocenters. The highest BCUT2D eigenvalue weighted by atomic mass is 16.5. The van der Waals surface area contributed by atoms with Crippen LogP contribution in [0.15, 0.2) is 41.3 Å². The Balaban J connectivity index is 2.17. The molecule has 0 aliphatic carbocycles. The zero-order valence-corrected chi connectivity index (χ0v) is 14.9. The highest BCUT2D eigenvalue weighted by Gasteiger charge is 2.18. The van der Waals surface area contributed by atoms with Crippen LogP contribution in [0.3, 0.4) is 0 Å². The minimum absolute atomic E-state index is 0.0790. The van der Waals surface area contributed by atoms with Gasteiger partial charge in [-0.1, -0.05) is 19.1 Å². The van der Waals surface area contributed by atoms with E-state index in [0.29, 0.717) is 40.5 Å². The molecule has 0 N–H and O–H groups in total. The first-order valence-electron chi connectivity index (χ1n) is 8.53. The second-order valence-electron chi connectivity index (χ2n) is 6.14. The van der Waals surface area contributed by atoms with E-state index in [1.807, 2.05) is 44.2 Å². The van der Waals surface area contributed by atoms with Crippen LogP contribution in [-0.4, -0.2) is 31.3 Å². The second-order valence-corrected chi connectivity index (χ2v) is 6.14. The van der Waals surface area contributed by atoms with Crippen molar-refractivity contribution in [3.8, 4) is 17.0 Å². The Kier molecular flexibility index (Phi) is 3.91. The first-order chi connectivity index (χ1) is 12.6. The summed E-state index contributed by atoms with van der Waals surface area (Å²) in [6, 6.07) is 9.45. The summed E-state index contributed by atoms with van der Waals surface area (Å²) in [7, 11) is 1.62. The van der Waals surface area contributed by atoms with Crippen molar-refractivity contribution in [2.75, 3.05) is 7.11 Å². The Labute approximate surface area is 149 Å². The number of fused-ring (bicyclic) bond motifs is 2. The van der Waals surface area contributed by atoms with Crippen molar-refractivity contribution < 1.29 is 4.74 Å². The fraction of sp³-hybridized carbons (Fsp3) is 0.263. The van der Waals surface area contributed by atoms with Gasteiger partial charge in [-0.3, -0.25) is 4.79 Å². The number of pyridine rings is 1. The quantitative estimate of drug-likeness (QED) is 0.566. The van der Waals surface area contributed by atoms with Crippen LogP contribution >= 0.6 is 0 Å². The van der Waals surface area contributed by atoms with Crippen LogP contribution in [0.5, 0.6) is 5.75 Å². The molecule has 7 heteroatoms. The molecule has 7 nitrogen and oxygen atoms in total. The second kappa shape index (κ2) is 6.25. The van der Waals surface area contributed by atoms with Gasteiger partial charge in [0.25, 0.3) is 11.3 Å². The third kappa shape index (κ3) is 2.52. The SMILES string of the molecule is CCCn1ccc2nc3nc(C)nn3c(-c3cccc(OC)c3)c2c1=O. The summed E-state index contributed by atoms with van der Waals surface area (Å²) < 4.78 is 8.71. The van der Waals surface area contributed by atoms with E-state index in [1.54, 1.807) is 22.4 Å². The van der Waals surface area contributed by atoms with Crippen LogP contribution in [0.2, 0.25) is 0 Å². The molecule has 3 heterocycles. The van der Waals surface area contributed by atoms with Gasteiger partial charge in [-0.2, -0.15) is 9.50 Å². The molecule has 26 heavy (non-hydrogen) atoms. The fourth-order valence-corrected chi connectivity index (χ4v) is 3.17. The van der Waals surface area contributed by atoms with E-state index < -0.39 is 0 Å². The maximum Gasteiger partial charge on any atom is 0.262 e. The topological polar surface area (TPSA) is 74.3 Å². The molecule has 1 aromatic carbocycles. The zero-order chi connectivity index (χ0) is 18.3. The molecular weight excluding hydrogens is 330 g/mol. The van der Waals surface area contributed by atoms with Gasteiger partial charge in [-0.05, 0) is 31.5 Å². The number of nitrogens with zero attached hydrogens (tertiary/aromatic N) is 5. The lowest BCUT2D eigenvalue weighted by Crippen LogP contribution is -2.21. The lowest BCUT2D eigenvalue weighted by molar-refractivity contribution is 0.415. The van der Waals surface area contributed by atoms with E-state index in [2.05, 4.69) is 15.1 Å². The van der Waals surface area contributed by atoms with E-state index in [0.717, 1.165) is 12.0 Å². The molecular formula is C19H19N5O2. The van der Waals surface area contributed by atoms with Gasteiger partial charge in [0, 0.05) is 18.3 Å². The maximum absolute atomic E-state index is 13.1. The predicted octanol–water partition coefficient (Wildman–Crippen LogP) is 2.83. The first kappa shape index (κ1) is 16.3. The summed E-state index contributed by atoms with van der Waals surface area (Å²) in [5.41, 5.74) is 2.04. The standard InChI is InChI=1S/C19H19N5O2/c1-4-9-23-10-8-15-16(18(23)25)17(13-6-5-7-14(11-13)26-3)24-19(21-15)20-12(2)22-24/h5-8,10-11H,4,9H2,1-3H3. The van der Waals surface area contributed by atoms with Gasteiger partial charge in [-0.15, -0.1) is 5.10 Å². The number of hydrogen-bond donors (Lipinski definition) is 0. The van der Waals surface area contributed by atoms with Crippen LogP contribution < -0.4 is 10.3 Å². The average molecular weight is 349 g/mol. The number of benzene rings is 1. The summed E-state index contributed by atoms with van der Waals surface area (Å²) in [5.74, 6) is 1.79. The van der Waals surface area contributed by atoms with Gasteiger partial charge in [-0.25, -0.2) is 4.98 Å². The third-order valence-electron chi connectivity index (χ3n) is 4.32. The van der Waals surface area contributed by atoms with Crippen LogP contribution in [0.1, 0.15) is 19.2 Å². The Morgan fingerprint density at radius 1 is 1.19 bits per heavy atom. The lowest BCUT2D eigenvalue weighted by atomic mass is 10.1. The minimum atomic E-state index is -0.0790. The van der Waals surface area contributed by atoms with Crippen LogP contribution in [0, 0.1) is 6.92 Å². The molecule has 3 aromatic heterocycles. The van der Waals surface area contributed by atoms with E-state index >= 15 is 0 Å². The highest BCUT2D eigenvalue weighted by molar-refractivity contribution is 5.93. The third-order valence-corrected chi connectivity index (χ3v) is 4.32. The highest BCUT2D eigenvalue weighted by Crippen LogP contribution is 2.28. The molecule has 0 spiro atoms. The molecule has 0 aliphatic heterocycles. The Bertz CT molecular complexity index is 1180. The lowest BCUT2D eigenvalue weighted by Gasteiger charge is -2.11. The maximum atomic E-state index is 13.1. The molecule has 0 atom stereocenters. The molecule has 0 aliphatic rings. The number of aromatic nitrogens is 5. The van der Waals surface area contributed by atoms with Crippen LogP contribution in [-0.2, 0) is 6.54 Å². The van der Waals surface area contributed by atoms with Crippen molar-refractivity contribution in [2.45, 2.75) is 26.8 Å². The molecule has 0 fully saturated rings. The molecule has 0 saturated heterocycles. The molecule has 4 aromatic rings. The summed E-state index contributed by atoms with van der Waals surface area (Å²) in [5, 5.41) is 5.00. The van der Waals surface area contributed by atoms with E-state index in [9.17, 15) is 4.79 Å². The van der Waals surface area contributed by atoms with Crippen LogP contribution in [0.25, 0.3) is 27.9 Å². The fourth-order valence-electron chi connectivity index (χ4n) is 3.17. The van der Waals surface area contributed by atoms with Gasteiger partial charge in [0.15, 0.2) is 0 Å². The van der Waals surface area contributed by atoms with E-state index in [4.69, 9.17) is 4.74 Å². The smallest absolute Gasteiger partial charge is 0.262 e. The van der Waals surface area contributed by atoms with E-state index in [1.165, 1.54) is 0 Å². The molecule has 0 bridgehead atoms. The van der Waals surface area contributed by atoms with Crippen molar-refractivity contribution in [2.24, 2.45) is 0 Å². The van der Waals surface area contributed by atoms with Crippen molar-refractivity contribution in [1.29, 1.82) is 0 Å². The number of rotatable bonds is 4. The summed E-state index contributed by atoms with van der Waals surface area (Å²) >= 11 is 0. The van der Waals surface area contributed by atoms with Crippen molar-refractivity contribution in [3.05, 3.63) is 52.7 Å². The first-order valence-corrected chi connectivity index (χ1v) is 8.53. The van der Waals surface area contributed by atoms with Gasteiger partial charge in [0.1, 0.15) is 11.6 Å². The Morgan fingerprint density at radius 3 is 2.81 bits per heavy atom. The van der Waals surface area contributed by atoms with Gasteiger partial charge < -0.3 is 9.30 Å². The van der Waals surface area contributed by atoms with Crippen LogP contribution in [0.4, 0.5) is 0 Å². The molecule has 0 radical (unpaired) electrons. The van der Waals surface area contributed by atoms with Gasteiger partial charge >= 0.3 is 0 Å². The molecule has 132 valence electrons. The zero-order valence-electron chi connectivity index (χ0n) is 14.9.